The van der Waals surface area contributed by atoms with E-state index in [0.29, 0.717) is 68.0 Å². The molecule has 0 saturated carbocycles. The van der Waals surface area contributed by atoms with Gasteiger partial charge in [0.15, 0.2) is 0 Å². The molecule has 2 aromatic rings. The number of aliphatic hydroxyl groups is 1. The summed E-state index contributed by atoms with van der Waals surface area (Å²) in [5.74, 6) is 1.99. The van der Waals surface area contributed by atoms with Crippen LogP contribution in [0.1, 0.15) is 53.0 Å². The van der Waals surface area contributed by atoms with Crippen LogP contribution in [0.25, 0.3) is 0 Å². The topological polar surface area (TPSA) is 156 Å². The number of hydrogen-bond donors (Lipinski definition) is 5. The summed E-state index contributed by atoms with van der Waals surface area (Å²) in [6, 6.07) is 3.83. The molecular weight excluding hydrogens is 470 g/mol. The normalized spacial score (nSPS) is 17.9. The second-order valence-electron chi connectivity index (χ2n) is 11.3. The number of carbonyl (C=O) groups excluding carboxylic acids is 1. The summed E-state index contributed by atoms with van der Waals surface area (Å²) < 4.78 is 0. The molecule has 2 aliphatic heterocycles. The number of pyridine rings is 1. The first-order valence-corrected chi connectivity index (χ1v) is 12.8. The number of anilines is 4. The Morgan fingerprint density at radius 2 is 1.92 bits per heavy atom. The highest BCUT2D eigenvalue weighted by Crippen LogP contribution is 2.35. The Hall–Kier alpha value is -3.47. The summed E-state index contributed by atoms with van der Waals surface area (Å²) in [4.78, 5) is 29.5. The first-order chi connectivity index (χ1) is 17.4. The lowest BCUT2D eigenvalue weighted by Crippen LogP contribution is -2.58. The van der Waals surface area contributed by atoms with Crippen molar-refractivity contribution in [3.63, 3.8) is 0 Å². The summed E-state index contributed by atoms with van der Waals surface area (Å²) in [7, 11) is 0. The van der Waals surface area contributed by atoms with Gasteiger partial charge in [-0.15, -0.1) is 0 Å². The molecular formula is C26H39N9O2. The number of amidine groups is 1. The van der Waals surface area contributed by atoms with Crippen molar-refractivity contribution in [1.29, 1.82) is 5.41 Å². The number of likely N-dealkylation sites (tertiary alicyclic amines) is 1. The summed E-state index contributed by atoms with van der Waals surface area (Å²) in [5.41, 5.74) is 5.82. The van der Waals surface area contributed by atoms with Crippen molar-refractivity contribution in [2.24, 2.45) is 17.1 Å². The van der Waals surface area contributed by atoms with Gasteiger partial charge >= 0.3 is 0 Å². The van der Waals surface area contributed by atoms with Crippen LogP contribution in [0.5, 0.6) is 0 Å². The standard InChI is InChI=1S/C26H39N9O2/c1-16(2)31-19-12-21(30-13-18(19)22(27)35-14-17(15-35)25(3,4)23(28)36)32-20-6-9-29-24(33-20)34-10-7-26(5,37)8-11-34/h6,9,12-13,16-17,27,37H,7-8,10-11,14-15H2,1-5H3,(H2,28,36)(H2,29,30,31,32,33). The number of amides is 1. The minimum absolute atomic E-state index is 0.110. The van der Waals surface area contributed by atoms with Crippen LogP contribution >= 0.6 is 0 Å². The molecule has 37 heavy (non-hydrogen) atoms. The monoisotopic (exact) mass is 509 g/mol. The number of carbonyl (C=O) groups is 1. The van der Waals surface area contributed by atoms with E-state index in [2.05, 4.69) is 30.5 Å². The van der Waals surface area contributed by atoms with E-state index in [0.717, 1.165) is 5.69 Å². The number of aromatic nitrogens is 3. The summed E-state index contributed by atoms with van der Waals surface area (Å²) >= 11 is 0. The SMILES string of the molecule is CC(C)Nc1cc(Nc2ccnc(N3CCC(C)(O)CC3)n2)ncc1C(=N)N1CC(C(C)(C)C(N)=O)C1. The summed E-state index contributed by atoms with van der Waals surface area (Å²) in [5, 5.41) is 25.7. The smallest absolute Gasteiger partial charge is 0.227 e. The van der Waals surface area contributed by atoms with Crippen molar-refractivity contribution < 1.29 is 9.90 Å². The van der Waals surface area contributed by atoms with E-state index in [1.807, 2.05) is 45.6 Å². The number of nitrogens with one attached hydrogen (secondary N) is 3. The van der Waals surface area contributed by atoms with E-state index in [1.54, 1.807) is 18.5 Å². The molecule has 0 unspecified atom stereocenters. The lowest BCUT2D eigenvalue weighted by Gasteiger charge is -2.47. The van der Waals surface area contributed by atoms with Crippen molar-refractivity contribution in [3.05, 3.63) is 30.1 Å². The van der Waals surface area contributed by atoms with Crippen molar-refractivity contribution in [2.75, 3.05) is 41.7 Å². The Balaban J connectivity index is 1.48. The van der Waals surface area contributed by atoms with E-state index in [1.165, 1.54) is 0 Å². The van der Waals surface area contributed by atoms with E-state index < -0.39 is 11.0 Å². The van der Waals surface area contributed by atoms with Crippen LogP contribution in [-0.4, -0.2) is 74.5 Å². The zero-order chi connectivity index (χ0) is 27.0. The molecule has 11 nitrogen and oxygen atoms in total. The Bertz CT molecular complexity index is 1150. The van der Waals surface area contributed by atoms with Crippen LogP contribution in [0.2, 0.25) is 0 Å². The van der Waals surface area contributed by atoms with Gasteiger partial charge in [-0.3, -0.25) is 10.2 Å². The Labute approximate surface area is 218 Å². The summed E-state index contributed by atoms with van der Waals surface area (Å²) in [6.07, 6.45) is 4.75. The van der Waals surface area contributed by atoms with Gasteiger partial charge < -0.3 is 31.3 Å². The van der Waals surface area contributed by atoms with Gasteiger partial charge in [-0.1, -0.05) is 13.8 Å². The Kier molecular flexibility index (Phi) is 7.27. The molecule has 4 heterocycles. The van der Waals surface area contributed by atoms with Gasteiger partial charge in [-0.05, 0) is 39.7 Å². The molecule has 6 N–H and O–H groups in total. The second-order valence-corrected chi connectivity index (χ2v) is 11.3. The van der Waals surface area contributed by atoms with Gasteiger partial charge in [-0.25, -0.2) is 9.97 Å². The van der Waals surface area contributed by atoms with Crippen LogP contribution < -0.4 is 21.3 Å². The molecule has 4 rings (SSSR count). The van der Waals surface area contributed by atoms with E-state index >= 15 is 0 Å². The van der Waals surface area contributed by atoms with Gasteiger partial charge in [0.1, 0.15) is 17.5 Å². The van der Waals surface area contributed by atoms with E-state index in [4.69, 9.17) is 11.1 Å². The molecule has 0 bridgehead atoms. The number of hydrogen-bond acceptors (Lipinski definition) is 9. The maximum atomic E-state index is 11.8. The molecule has 0 aromatic carbocycles. The van der Waals surface area contributed by atoms with Crippen LogP contribution in [0.3, 0.4) is 0 Å². The molecule has 0 radical (unpaired) electrons. The zero-order valence-electron chi connectivity index (χ0n) is 22.4. The van der Waals surface area contributed by atoms with Crippen LogP contribution in [0.4, 0.5) is 23.3 Å². The molecule has 2 aliphatic rings. The highest BCUT2D eigenvalue weighted by molar-refractivity contribution is 6.02. The molecule has 0 atom stereocenters. The van der Waals surface area contributed by atoms with Gasteiger partial charge in [0.25, 0.3) is 0 Å². The van der Waals surface area contributed by atoms with Crippen LogP contribution in [0, 0.1) is 16.7 Å². The molecule has 200 valence electrons. The molecule has 11 heteroatoms. The van der Waals surface area contributed by atoms with Crippen LogP contribution in [0.15, 0.2) is 24.5 Å². The Morgan fingerprint density at radius 3 is 2.54 bits per heavy atom. The molecule has 1 amide bonds. The number of rotatable bonds is 8. The van der Waals surface area contributed by atoms with Gasteiger partial charge in [-0.2, -0.15) is 4.98 Å². The van der Waals surface area contributed by atoms with Crippen molar-refractivity contribution >= 4 is 35.0 Å². The molecule has 2 aromatic heterocycles. The first-order valence-electron chi connectivity index (χ1n) is 12.8. The fourth-order valence-electron chi connectivity index (χ4n) is 4.52. The lowest BCUT2D eigenvalue weighted by molar-refractivity contribution is -0.131. The van der Waals surface area contributed by atoms with Gasteiger partial charge in [0, 0.05) is 62.0 Å². The average molecular weight is 510 g/mol. The number of nitrogens with zero attached hydrogens (tertiary/aromatic N) is 5. The third kappa shape index (κ3) is 5.93. The minimum Gasteiger partial charge on any atom is -0.390 e. The molecule has 2 fully saturated rings. The lowest BCUT2D eigenvalue weighted by atomic mass is 9.73. The zero-order valence-corrected chi connectivity index (χ0v) is 22.4. The number of primary amides is 1. The predicted molar refractivity (Wildman–Crippen MR) is 145 cm³/mol. The maximum absolute atomic E-state index is 11.8. The summed E-state index contributed by atoms with van der Waals surface area (Å²) in [6.45, 7) is 12.3. The fourth-order valence-corrected chi connectivity index (χ4v) is 4.52. The van der Waals surface area contributed by atoms with Crippen LogP contribution in [-0.2, 0) is 4.79 Å². The Morgan fingerprint density at radius 1 is 1.24 bits per heavy atom. The maximum Gasteiger partial charge on any atom is 0.227 e. The quantitative estimate of drug-likeness (QED) is 0.266. The van der Waals surface area contributed by atoms with Gasteiger partial charge in [0.05, 0.1) is 16.9 Å². The average Bonchev–Trinajstić information content (AvgIpc) is 2.77. The van der Waals surface area contributed by atoms with E-state index in [9.17, 15) is 9.90 Å². The van der Waals surface area contributed by atoms with Crippen molar-refractivity contribution in [2.45, 2.75) is 59.1 Å². The number of nitrogens with two attached hydrogens (primary N) is 1. The third-order valence-electron chi connectivity index (χ3n) is 7.48. The molecule has 0 spiro atoms. The highest BCUT2D eigenvalue weighted by Gasteiger charge is 2.43. The molecule has 0 aliphatic carbocycles. The fraction of sp³-hybridized carbons (Fsp3) is 0.577. The van der Waals surface area contributed by atoms with Crippen molar-refractivity contribution in [1.82, 2.24) is 19.9 Å². The highest BCUT2D eigenvalue weighted by atomic mass is 16.3. The predicted octanol–water partition coefficient (Wildman–Crippen LogP) is 2.56. The van der Waals surface area contributed by atoms with E-state index in [-0.39, 0.29) is 17.9 Å². The first kappa shape index (κ1) is 26.6. The van der Waals surface area contributed by atoms with Gasteiger partial charge in [0.2, 0.25) is 11.9 Å². The third-order valence-corrected chi connectivity index (χ3v) is 7.48. The second kappa shape index (κ2) is 10.1. The minimum atomic E-state index is -0.638. The number of piperidine rings is 1. The molecule has 2 saturated heterocycles. The largest absolute Gasteiger partial charge is 0.390 e. The van der Waals surface area contributed by atoms with Crippen molar-refractivity contribution in [3.8, 4) is 0 Å².